The van der Waals surface area contributed by atoms with E-state index in [9.17, 15) is 30.2 Å². The molecule has 3 N–H and O–H groups in total. The number of oxime groups is 1. The lowest BCUT2D eigenvalue weighted by Crippen LogP contribution is -2.70. The first-order valence-corrected chi connectivity index (χ1v) is 21.0. The van der Waals surface area contributed by atoms with Crippen LogP contribution >= 0.6 is 0 Å². The van der Waals surface area contributed by atoms with Gasteiger partial charge in [0.2, 0.25) is 5.79 Å². The molecule has 15 nitrogen and oxygen atoms in total. The van der Waals surface area contributed by atoms with Crippen molar-refractivity contribution in [3.8, 4) is 17.2 Å². The number of aliphatic hydroxyl groups excluding tert-OH is 3. The van der Waals surface area contributed by atoms with E-state index in [1.54, 1.807) is 35.2 Å². The van der Waals surface area contributed by atoms with Crippen LogP contribution in [0.3, 0.4) is 0 Å². The third kappa shape index (κ3) is 10.6. The molecule has 2 aliphatic carbocycles. The van der Waals surface area contributed by atoms with Gasteiger partial charge in [0.15, 0.2) is 0 Å². The van der Waals surface area contributed by atoms with Crippen LogP contribution in [0.2, 0.25) is 0 Å². The van der Waals surface area contributed by atoms with Crippen molar-refractivity contribution in [2.75, 3.05) is 53.3 Å². The molecule has 0 spiro atoms. The highest BCUT2D eigenvalue weighted by atomic mass is 16.7. The fourth-order valence-electron chi connectivity index (χ4n) is 9.09. The molecule has 1 amide bonds. The van der Waals surface area contributed by atoms with E-state index in [0.717, 1.165) is 42.4 Å². The predicted molar refractivity (Wildman–Crippen MR) is 226 cm³/mol. The first kappa shape index (κ1) is 45.2. The van der Waals surface area contributed by atoms with E-state index in [1.165, 1.54) is 19.2 Å². The standard InChI is InChI=1S/C46H57N3O12/c1-3-24-58-46-42(48(45(53)56-2)20-25-57-26-23-52)30-40(47-59-31-32-12-5-4-6-13-32)38-27-33(14-7-9-21-50)37(17-8-10-22-51)43(44(38)46)39-29-36(18-19-41(39)61-46)60-35-16-11-15-34(28-35)49(54)55/h3-6,11-13,15-16,18-19,27-29,33,37,42-44,50-52H,1,7-10,14,17,20-26,30-31H2,2H3. The Morgan fingerprint density at radius 2 is 1.75 bits per heavy atom. The fraction of sp³-hybridized carbons (Fsp3) is 0.478. The number of carbonyl (C=O) groups excluding carboxylic acids is 1. The van der Waals surface area contributed by atoms with E-state index in [2.05, 4.69) is 12.7 Å². The van der Waals surface area contributed by atoms with Crippen LogP contribution in [0.5, 0.6) is 17.2 Å². The molecule has 6 atom stereocenters. The van der Waals surface area contributed by atoms with Crippen molar-refractivity contribution in [2.24, 2.45) is 22.9 Å². The van der Waals surface area contributed by atoms with Gasteiger partial charge in [0.1, 0.15) is 29.9 Å². The number of amides is 1. The van der Waals surface area contributed by atoms with Gasteiger partial charge in [-0.05, 0) is 72.9 Å². The number of nitro benzene ring substituents is 1. The quantitative estimate of drug-likeness (QED) is 0.0374. The Hall–Kier alpha value is -5.32. The number of nitrogens with zero attached hydrogens (tertiary/aromatic N) is 3. The molecule has 1 aliphatic heterocycles. The maximum Gasteiger partial charge on any atom is 0.410 e. The summed E-state index contributed by atoms with van der Waals surface area (Å²) in [5.41, 5.74) is 3.09. The monoisotopic (exact) mass is 843 g/mol. The van der Waals surface area contributed by atoms with Gasteiger partial charge in [-0.15, -0.1) is 6.58 Å². The van der Waals surface area contributed by atoms with Gasteiger partial charge >= 0.3 is 6.09 Å². The summed E-state index contributed by atoms with van der Waals surface area (Å²) in [6.45, 7) is 4.38. The summed E-state index contributed by atoms with van der Waals surface area (Å²) in [7, 11) is 1.31. The summed E-state index contributed by atoms with van der Waals surface area (Å²) in [5.74, 6) is -1.29. The molecule has 15 heteroatoms. The van der Waals surface area contributed by atoms with Gasteiger partial charge in [-0.25, -0.2) is 4.79 Å². The minimum atomic E-state index is -1.53. The second-order valence-electron chi connectivity index (χ2n) is 15.4. The molecule has 6 unspecified atom stereocenters. The summed E-state index contributed by atoms with van der Waals surface area (Å²) >= 11 is 0. The molecule has 3 aromatic rings. The molecule has 3 aromatic carbocycles. The summed E-state index contributed by atoms with van der Waals surface area (Å²) in [6, 6.07) is 20.3. The summed E-state index contributed by atoms with van der Waals surface area (Å²) < 4.78 is 31.5. The van der Waals surface area contributed by atoms with Crippen LogP contribution in [0.1, 0.15) is 62.0 Å². The molecule has 61 heavy (non-hydrogen) atoms. The number of hydrogen-bond donors (Lipinski definition) is 3. The van der Waals surface area contributed by atoms with Crippen molar-refractivity contribution in [3.63, 3.8) is 0 Å². The average Bonchev–Trinajstić information content (AvgIpc) is 3.27. The highest BCUT2D eigenvalue weighted by Gasteiger charge is 2.65. The first-order valence-electron chi connectivity index (χ1n) is 21.0. The second-order valence-corrected chi connectivity index (χ2v) is 15.4. The second kappa shape index (κ2) is 22.0. The Kier molecular flexibility index (Phi) is 16.3. The highest BCUT2D eigenvalue weighted by molar-refractivity contribution is 6.03. The minimum Gasteiger partial charge on any atom is -0.459 e. The van der Waals surface area contributed by atoms with E-state index >= 15 is 0 Å². The van der Waals surface area contributed by atoms with E-state index in [0.29, 0.717) is 35.8 Å². The maximum absolute atomic E-state index is 14.0. The Labute approximate surface area is 356 Å². The van der Waals surface area contributed by atoms with Crippen LogP contribution in [0, 0.1) is 27.9 Å². The molecular formula is C46H57N3O12. The molecule has 6 rings (SSSR count). The zero-order valence-corrected chi connectivity index (χ0v) is 34.6. The average molecular weight is 844 g/mol. The van der Waals surface area contributed by atoms with Gasteiger partial charge in [-0.1, -0.05) is 66.5 Å². The normalized spacial score (nSPS) is 23.2. The zero-order valence-electron chi connectivity index (χ0n) is 34.6. The van der Waals surface area contributed by atoms with Crippen LogP contribution in [0.4, 0.5) is 10.5 Å². The number of unbranched alkanes of at least 4 members (excludes halogenated alkanes) is 2. The van der Waals surface area contributed by atoms with E-state index in [1.807, 2.05) is 36.4 Å². The van der Waals surface area contributed by atoms with Crippen molar-refractivity contribution < 1.29 is 53.6 Å². The van der Waals surface area contributed by atoms with Gasteiger partial charge in [0.25, 0.3) is 5.69 Å². The van der Waals surface area contributed by atoms with Crippen LogP contribution in [0.15, 0.2) is 102 Å². The number of rotatable bonds is 23. The van der Waals surface area contributed by atoms with Crippen molar-refractivity contribution in [2.45, 2.75) is 69.3 Å². The first-order chi connectivity index (χ1) is 29.8. The smallest absolute Gasteiger partial charge is 0.410 e. The number of allylic oxidation sites excluding steroid dienone is 1. The SMILES string of the molecule is C=CCOC12Oc3ccc(Oc4cccc([N+](=O)[O-])c4)cc3C3C(CCCCO)C(CCCCO)C=C(C(=NOCc4ccccc4)CC1N(CCOCCO)C(=O)OC)C32. The number of benzene rings is 3. The van der Waals surface area contributed by atoms with Crippen molar-refractivity contribution in [1.29, 1.82) is 0 Å². The Morgan fingerprint density at radius 3 is 2.48 bits per heavy atom. The number of methoxy groups -OCH3 is 1. The predicted octanol–water partition coefficient (Wildman–Crippen LogP) is 7.30. The van der Waals surface area contributed by atoms with Crippen molar-refractivity contribution >= 4 is 17.5 Å². The van der Waals surface area contributed by atoms with Gasteiger partial charge in [0, 0.05) is 43.7 Å². The molecule has 0 aromatic heterocycles. The molecule has 0 saturated heterocycles. The number of hydrogen-bond acceptors (Lipinski definition) is 13. The fourth-order valence-corrected chi connectivity index (χ4v) is 9.09. The summed E-state index contributed by atoms with van der Waals surface area (Å²) in [6.07, 6.45) is 7.59. The third-order valence-corrected chi connectivity index (χ3v) is 11.7. The van der Waals surface area contributed by atoms with Gasteiger partial charge in [-0.2, -0.15) is 0 Å². The van der Waals surface area contributed by atoms with Gasteiger partial charge in [0.05, 0.1) is 56.2 Å². The number of ether oxygens (including phenoxy) is 5. The third-order valence-electron chi connectivity index (χ3n) is 11.7. The highest BCUT2D eigenvalue weighted by Crippen LogP contribution is 2.62. The molecule has 1 heterocycles. The van der Waals surface area contributed by atoms with Crippen LogP contribution < -0.4 is 9.47 Å². The molecular weight excluding hydrogens is 787 g/mol. The largest absolute Gasteiger partial charge is 0.459 e. The topological polar surface area (TPSA) is 192 Å². The summed E-state index contributed by atoms with van der Waals surface area (Å²) in [5, 5.41) is 45.7. The Morgan fingerprint density at radius 1 is 0.984 bits per heavy atom. The molecule has 1 saturated carbocycles. The van der Waals surface area contributed by atoms with E-state index in [4.69, 9.17) is 33.7 Å². The lowest BCUT2D eigenvalue weighted by molar-refractivity contribution is -0.384. The number of carbonyl (C=O) groups is 1. The van der Waals surface area contributed by atoms with Crippen molar-refractivity contribution in [3.05, 3.63) is 118 Å². The van der Waals surface area contributed by atoms with Crippen LogP contribution in [-0.2, 0) is 25.7 Å². The minimum absolute atomic E-state index is 0.00893. The van der Waals surface area contributed by atoms with Gasteiger partial charge in [-0.3, -0.25) is 15.0 Å². The number of non-ortho nitro benzene ring substituents is 1. The lowest BCUT2D eigenvalue weighted by Gasteiger charge is -2.59. The summed E-state index contributed by atoms with van der Waals surface area (Å²) in [4.78, 5) is 32.8. The van der Waals surface area contributed by atoms with E-state index < -0.39 is 28.8 Å². The number of nitro groups is 1. The molecule has 0 radical (unpaired) electrons. The number of aliphatic hydroxyl groups is 3. The van der Waals surface area contributed by atoms with Crippen LogP contribution in [0.25, 0.3) is 0 Å². The van der Waals surface area contributed by atoms with E-state index in [-0.39, 0.29) is 82.7 Å². The Balaban J connectivity index is 1.57. The molecule has 328 valence electrons. The molecule has 3 aliphatic rings. The van der Waals surface area contributed by atoms with Crippen LogP contribution in [-0.4, -0.2) is 102 Å². The molecule has 0 bridgehead atoms. The van der Waals surface area contributed by atoms with Gasteiger partial charge < -0.3 is 43.8 Å². The Bertz CT molecular complexity index is 1990. The number of fused-ring (bicyclic) bond motifs is 2. The van der Waals surface area contributed by atoms with Crippen molar-refractivity contribution in [1.82, 2.24) is 4.90 Å². The molecule has 1 fully saturated rings. The lowest BCUT2D eigenvalue weighted by atomic mass is 9.55. The maximum atomic E-state index is 14.0. The zero-order chi connectivity index (χ0) is 43.2.